The minimum Gasteiger partial charge on any atom is -0.497 e. The van der Waals surface area contributed by atoms with Crippen LogP contribution in [0.2, 0.25) is 0 Å². The molecule has 1 heterocycles. The van der Waals surface area contributed by atoms with E-state index in [-0.39, 0.29) is 18.1 Å². The second kappa shape index (κ2) is 10.8. The van der Waals surface area contributed by atoms with Crippen LogP contribution in [-0.4, -0.2) is 43.6 Å². The quantitative estimate of drug-likeness (QED) is 0.214. The predicted molar refractivity (Wildman–Crippen MR) is 134 cm³/mol. The highest BCUT2D eigenvalue weighted by Crippen LogP contribution is 2.43. The van der Waals surface area contributed by atoms with Crippen LogP contribution in [0.5, 0.6) is 5.75 Å². The van der Waals surface area contributed by atoms with E-state index in [4.69, 9.17) is 14.2 Å². The molecule has 0 saturated heterocycles. The topological polar surface area (TPSA) is 97.7 Å². The number of carbonyl (C=O) groups excluding carboxylic acids is 2. The van der Waals surface area contributed by atoms with Gasteiger partial charge in [0.2, 0.25) is 0 Å². The van der Waals surface area contributed by atoms with Crippen LogP contribution in [0.3, 0.4) is 0 Å². The van der Waals surface area contributed by atoms with E-state index in [0.29, 0.717) is 28.1 Å². The van der Waals surface area contributed by atoms with E-state index in [0.717, 1.165) is 5.56 Å². The van der Waals surface area contributed by atoms with Crippen LogP contribution in [0.1, 0.15) is 34.5 Å². The zero-order chi connectivity index (χ0) is 25.7. The van der Waals surface area contributed by atoms with E-state index in [1.165, 1.54) is 7.11 Å². The molecule has 3 aromatic rings. The highest BCUT2D eigenvalue weighted by Gasteiger charge is 2.44. The molecule has 1 N–H and O–H groups in total. The molecule has 1 aliphatic rings. The van der Waals surface area contributed by atoms with E-state index in [1.54, 1.807) is 67.5 Å². The fourth-order valence-electron chi connectivity index (χ4n) is 4.24. The standard InChI is InChI=1S/C28H26N2O6/c1-4-36-28(32)20-10-14-21(15-11-20)30-25(19-8-6-5-7-9-19)23(26(35-3)27(30)31)24(29-33)18-12-16-22(34-2)17-13-18/h5-17,25,33H,4H2,1-3H3/b29-24-. The van der Waals surface area contributed by atoms with Crippen LogP contribution in [0.15, 0.2) is 95.4 Å². The molecule has 0 aromatic heterocycles. The van der Waals surface area contributed by atoms with Crippen molar-refractivity contribution in [3.05, 3.63) is 107 Å². The van der Waals surface area contributed by atoms with Gasteiger partial charge < -0.3 is 19.4 Å². The summed E-state index contributed by atoms with van der Waals surface area (Å²) in [6, 6.07) is 22.3. The highest BCUT2D eigenvalue weighted by atomic mass is 16.5. The molecule has 1 amide bonds. The maximum Gasteiger partial charge on any atom is 0.338 e. The lowest BCUT2D eigenvalue weighted by atomic mass is 9.92. The van der Waals surface area contributed by atoms with Crippen molar-refractivity contribution in [3.63, 3.8) is 0 Å². The average molecular weight is 487 g/mol. The van der Waals surface area contributed by atoms with E-state index in [9.17, 15) is 14.8 Å². The van der Waals surface area contributed by atoms with Gasteiger partial charge in [-0.15, -0.1) is 0 Å². The number of esters is 1. The Hall–Kier alpha value is -4.59. The van der Waals surface area contributed by atoms with Crippen LogP contribution in [0.25, 0.3) is 0 Å². The first kappa shape index (κ1) is 24.5. The summed E-state index contributed by atoms with van der Waals surface area (Å²) in [6.07, 6.45) is 0. The number of methoxy groups -OCH3 is 2. The van der Waals surface area contributed by atoms with Gasteiger partial charge in [-0.25, -0.2) is 4.79 Å². The summed E-state index contributed by atoms with van der Waals surface area (Å²) >= 11 is 0. The first-order valence-electron chi connectivity index (χ1n) is 11.3. The Morgan fingerprint density at radius 1 is 0.917 bits per heavy atom. The number of hydrogen-bond acceptors (Lipinski definition) is 7. The number of rotatable bonds is 8. The van der Waals surface area contributed by atoms with E-state index in [2.05, 4.69) is 5.16 Å². The highest BCUT2D eigenvalue weighted by molar-refractivity contribution is 6.23. The van der Waals surface area contributed by atoms with E-state index in [1.807, 2.05) is 30.3 Å². The first-order valence-corrected chi connectivity index (χ1v) is 11.3. The van der Waals surface area contributed by atoms with Gasteiger partial charge >= 0.3 is 5.97 Å². The van der Waals surface area contributed by atoms with Gasteiger partial charge in [0.15, 0.2) is 5.76 Å². The molecule has 8 nitrogen and oxygen atoms in total. The molecule has 36 heavy (non-hydrogen) atoms. The van der Waals surface area contributed by atoms with Crippen LogP contribution >= 0.6 is 0 Å². The number of amides is 1. The number of oxime groups is 1. The van der Waals surface area contributed by atoms with Crippen molar-refractivity contribution >= 4 is 23.3 Å². The summed E-state index contributed by atoms with van der Waals surface area (Å²) < 4.78 is 15.9. The maximum absolute atomic E-state index is 13.7. The average Bonchev–Trinajstić information content (AvgIpc) is 3.21. The molecular formula is C28H26N2O6. The van der Waals surface area contributed by atoms with Gasteiger partial charge in [0.1, 0.15) is 11.5 Å². The van der Waals surface area contributed by atoms with Crippen molar-refractivity contribution in [2.24, 2.45) is 5.16 Å². The van der Waals surface area contributed by atoms with Crippen LogP contribution in [0, 0.1) is 0 Å². The van der Waals surface area contributed by atoms with E-state index < -0.39 is 17.9 Å². The second-order valence-electron chi connectivity index (χ2n) is 7.88. The molecule has 0 aliphatic carbocycles. The molecule has 8 heteroatoms. The van der Waals surface area contributed by atoms with Gasteiger partial charge in [0.05, 0.1) is 38.0 Å². The summed E-state index contributed by atoms with van der Waals surface area (Å²) in [5, 5.41) is 13.7. The number of benzene rings is 3. The molecule has 1 atom stereocenters. The normalized spacial score (nSPS) is 15.8. The van der Waals surface area contributed by atoms with Crippen molar-refractivity contribution in [1.82, 2.24) is 0 Å². The Morgan fingerprint density at radius 3 is 2.11 bits per heavy atom. The van der Waals surface area contributed by atoms with Gasteiger partial charge in [-0.3, -0.25) is 9.69 Å². The lowest BCUT2D eigenvalue weighted by molar-refractivity contribution is -0.117. The van der Waals surface area contributed by atoms with Crippen LogP contribution in [-0.2, 0) is 14.3 Å². The Balaban J connectivity index is 1.84. The van der Waals surface area contributed by atoms with Gasteiger partial charge in [-0.2, -0.15) is 0 Å². The van der Waals surface area contributed by atoms with E-state index >= 15 is 0 Å². The first-order chi connectivity index (χ1) is 17.5. The van der Waals surface area contributed by atoms with Gasteiger partial charge in [0, 0.05) is 11.3 Å². The smallest absolute Gasteiger partial charge is 0.338 e. The fraction of sp³-hybridized carbons (Fsp3) is 0.179. The zero-order valence-electron chi connectivity index (χ0n) is 20.2. The van der Waals surface area contributed by atoms with Crippen molar-refractivity contribution in [2.45, 2.75) is 13.0 Å². The van der Waals surface area contributed by atoms with Gasteiger partial charge in [-0.05, 0) is 61.0 Å². The Kier molecular flexibility index (Phi) is 7.34. The van der Waals surface area contributed by atoms with Crippen molar-refractivity contribution in [2.75, 3.05) is 25.7 Å². The number of anilines is 1. The monoisotopic (exact) mass is 486 g/mol. The Morgan fingerprint density at radius 2 is 1.56 bits per heavy atom. The number of nitrogens with zero attached hydrogens (tertiary/aromatic N) is 2. The molecule has 0 bridgehead atoms. The third-order valence-corrected chi connectivity index (χ3v) is 5.88. The summed E-state index contributed by atoms with van der Waals surface area (Å²) in [7, 11) is 2.97. The fourth-order valence-corrected chi connectivity index (χ4v) is 4.24. The molecular weight excluding hydrogens is 460 g/mol. The molecule has 0 saturated carbocycles. The lowest BCUT2D eigenvalue weighted by Gasteiger charge is -2.27. The second-order valence-corrected chi connectivity index (χ2v) is 7.88. The summed E-state index contributed by atoms with van der Waals surface area (Å²) in [4.78, 5) is 27.4. The molecule has 4 rings (SSSR count). The zero-order valence-corrected chi connectivity index (χ0v) is 20.2. The SMILES string of the molecule is CCOC(=O)c1ccc(N2C(=O)C(OC)=C(/C(=N\O)c3ccc(OC)cc3)C2c2ccccc2)cc1. The van der Waals surface area contributed by atoms with Crippen molar-refractivity contribution < 1.29 is 29.0 Å². The van der Waals surface area contributed by atoms with Crippen LogP contribution < -0.4 is 9.64 Å². The van der Waals surface area contributed by atoms with Gasteiger partial charge in [0.25, 0.3) is 5.91 Å². The minimum atomic E-state index is -0.657. The number of carbonyl (C=O) groups is 2. The molecule has 3 aromatic carbocycles. The third kappa shape index (κ3) is 4.53. The van der Waals surface area contributed by atoms with Crippen molar-refractivity contribution in [1.29, 1.82) is 0 Å². The Labute approximate surface area is 209 Å². The molecule has 0 radical (unpaired) electrons. The Bertz CT molecular complexity index is 1300. The molecule has 0 fully saturated rings. The predicted octanol–water partition coefficient (Wildman–Crippen LogP) is 4.74. The molecule has 184 valence electrons. The maximum atomic E-state index is 13.7. The summed E-state index contributed by atoms with van der Waals surface area (Å²) in [6.45, 7) is 2.00. The molecule has 0 spiro atoms. The number of ether oxygens (including phenoxy) is 3. The largest absolute Gasteiger partial charge is 0.497 e. The molecule has 1 unspecified atom stereocenters. The third-order valence-electron chi connectivity index (χ3n) is 5.88. The van der Waals surface area contributed by atoms with Crippen molar-refractivity contribution in [3.8, 4) is 5.75 Å². The molecule has 1 aliphatic heterocycles. The summed E-state index contributed by atoms with van der Waals surface area (Å²) in [5.41, 5.74) is 2.89. The minimum absolute atomic E-state index is 0.0574. The lowest BCUT2D eigenvalue weighted by Crippen LogP contribution is -2.31. The van der Waals surface area contributed by atoms with Crippen LogP contribution in [0.4, 0.5) is 5.69 Å². The van der Waals surface area contributed by atoms with Gasteiger partial charge in [-0.1, -0.05) is 35.5 Å². The summed E-state index contributed by atoms with van der Waals surface area (Å²) in [5.74, 6) is -0.147. The number of hydrogen-bond donors (Lipinski definition) is 1.